The number of para-hydroxylation sites is 2. The molecule has 1 aliphatic rings. The number of hydrogen-bond acceptors (Lipinski definition) is 7. The van der Waals surface area contributed by atoms with Crippen LogP contribution in [-0.4, -0.2) is 49.1 Å². The molecule has 0 spiro atoms. The topological polar surface area (TPSA) is 131 Å². The van der Waals surface area contributed by atoms with Crippen molar-refractivity contribution in [2.45, 2.75) is 19.0 Å². The Labute approximate surface area is 251 Å². The van der Waals surface area contributed by atoms with Crippen LogP contribution in [0.1, 0.15) is 23.0 Å². The maximum Gasteiger partial charge on any atom is 0.296 e. The summed E-state index contributed by atoms with van der Waals surface area (Å²) in [5, 5.41) is 8.46. The number of methoxy groups -OCH3 is 1. The lowest BCUT2D eigenvalue weighted by atomic mass is 9.83. The average Bonchev–Trinajstić information content (AvgIpc) is 3.47. The molecular weight excluding hydrogens is 614 g/mol. The van der Waals surface area contributed by atoms with Crippen LogP contribution in [0.3, 0.4) is 0 Å². The van der Waals surface area contributed by atoms with Gasteiger partial charge in [0.2, 0.25) is 17.6 Å². The van der Waals surface area contributed by atoms with Crippen LogP contribution in [0.25, 0.3) is 10.8 Å². The Balaban J connectivity index is 0.00000387. The van der Waals surface area contributed by atoms with Gasteiger partial charge in [0.1, 0.15) is 11.3 Å². The maximum atomic E-state index is 14.5. The van der Waals surface area contributed by atoms with E-state index in [1.807, 2.05) is 30.3 Å². The number of nitrogens with one attached hydrogen (secondary N) is 1. The highest BCUT2D eigenvalue weighted by Crippen LogP contribution is 2.40. The van der Waals surface area contributed by atoms with Gasteiger partial charge in [-0.3, -0.25) is 14.4 Å². The first-order valence-corrected chi connectivity index (χ1v) is 13.4. The Morgan fingerprint density at radius 1 is 1.17 bits per heavy atom. The standard InChI is InChI=1S/C29H28BrN5O5.ClH/c1-29(32-2,28(31)38)21-16-35(27(37)25-12-13-33-40-25)23-7-5-4-6-22(23)34(26(21)36)15-20-19-10-9-18(30)14-17(19)8-11-24(20)39-3;/h4-14,21,32H,15-16H2,1-3H3,(H2,31,38);1H/t21-,29?;/m1./s1. The molecule has 3 aromatic carbocycles. The molecule has 3 amide bonds. The number of halogens is 2. The highest BCUT2D eigenvalue weighted by atomic mass is 79.9. The summed E-state index contributed by atoms with van der Waals surface area (Å²) in [6, 6.07) is 18.2. The molecule has 10 nitrogen and oxygen atoms in total. The Morgan fingerprint density at radius 2 is 1.90 bits per heavy atom. The van der Waals surface area contributed by atoms with Gasteiger partial charge in [0.05, 0.1) is 37.1 Å². The summed E-state index contributed by atoms with van der Waals surface area (Å²) in [5.41, 5.74) is 6.11. The molecule has 0 saturated carbocycles. The second-order valence-corrected chi connectivity index (χ2v) is 10.6. The number of amides is 3. The molecule has 1 unspecified atom stereocenters. The first-order valence-electron chi connectivity index (χ1n) is 12.6. The minimum atomic E-state index is -1.48. The molecule has 3 N–H and O–H groups in total. The lowest BCUT2D eigenvalue weighted by molar-refractivity contribution is -0.133. The lowest BCUT2D eigenvalue weighted by Crippen LogP contribution is -2.63. The SMILES string of the molecule is CNC(C)(C(N)=O)[C@@H]1CN(C(=O)c2ccno2)c2ccccc2N(Cc2c(OC)ccc3cc(Br)ccc23)C1=O.Cl. The van der Waals surface area contributed by atoms with Crippen molar-refractivity contribution in [3.8, 4) is 5.75 Å². The molecule has 12 heteroatoms. The number of nitrogens with zero attached hydrogens (tertiary/aromatic N) is 3. The number of hydrogen-bond donors (Lipinski definition) is 2. The van der Waals surface area contributed by atoms with Gasteiger partial charge in [0.25, 0.3) is 5.91 Å². The first-order chi connectivity index (χ1) is 19.2. The second-order valence-electron chi connectivity index (χ2n) is 9.69. The minimum Gasteiger partial charge on any atom is -0.496 e. The van der Waals surface area contributed by atoms with Crippen molar-refractivity contribution in [2.75, 3.05) is 30.5 Å². The Morgan fingerprint density at radius 3 is 2.54 bits per heavy atom. The molecule has 0 bridgehead atoms. The summed E-state index contributed by atoms with van der Waals surface area (Å²) < 4.78 is 11.8. The van der Waals surface area contributed by atoms with Crippen molar-refractivity contribution in [3.63, 3.8) is 0 Å². The number of carbonyl (C=O) groups is 3. The zero-order chi connectivity index (χ0) is 28.6. The van der Waals surface area contributed by atoms with Gasteiger partial charge in [0.15, 0.2) is 0 Å². The molecule has 2 heterocycles. The smallest absolute Gasteiger partial charge is 0.296 e. The van der Waals surface area contributed by atoms with Gasteiger partial charge in [-0.15, -0.1) is 12.4 Å². The third-order valence-electron chi connectivity index (χ3n) is 7.60. The Kier molecular flexibility index (Phi) is 8.71. The van der Waals surface area contributed by atoms with Crippen LogP contribution in [0.15, 0.2) is 75.9 Å². The fraction of sp³-hybridized carbons (Fsp3) is 0.241. The van der Waals surface area contributed by atoms with Gasteiger partial charge in [-0.05, 0) is 55.1 Å². The van der Waals surface area contributed by atoms with E-state index in [1.54, 1.807) is 50.2 Å². The lowest BCUT2D eigenvalue weighted by Gasteiger charge is -2.36. The zero-order valence-corrected chi connectivity index (χ0v) is 25.0. The molecule has 4 aromatic rings. The highest BCUT2D eigenvalue weighted by Gasteiger charge is 2.49. The van der Waals surface area contributed by atoms with E-state index in [0.717, 1.165) is 20.8 Å². The zero-order valence-electron chi connectivity index (χ0n) is 22.6. The average molecular weight is 643 g/mol. The number of primary amides is 1. The van der Waals surface area contributed by atoms with Gasteiger partial charge >= 0.3 is 0 Å². The molecule has 2 atom stereocenters. The van der Waals surface area contributed by atoms with Crippen LogP contribution in [0.2, 0.25) is 0 Å². The molecule has 1 aliphatic heterocycles. The predicted molar refractivity (Wildman–Crippen MR) is 161 cm³/mol. The van der Waals surface area contributed by atoms with Crippen LogP contribution in [-0.2, 0) is 16.1 Å². The van der Waals surface area contributed by atoms with E-state index in [0.29, 0.717) is 17.1 Å². The minimum absolute atomic E-state index is 0. The van der Waals surface area contributed by atoms with Crippen LogP contribution >= 0.6 is 28.3 Å². The van der Waals surface area contributed by atoms with E-state index in [9.17, 15) is 14.4 Å². The molecule has 0 aliphatic carbocycles. The third-order valence-corrected chi connectivity index (χ3v) is 8.09. The van der Waals surface area contributed by atoms with Crippen LogP contribution in [0.4, 0.5) is 11.4 Å². The van der Waals surface area contributed by atoms with Gasteiger partial charge in [0, 0.05) is 22.6 Å². The predicted octanol–water partition coefficient (Wildman–Crippen LogP) is 4.29. The van der Waals surface area contributed by atoms with Gasteiger partial charge in [-0.25, -0.2) is 0 Å². The molecule has 1 aromatic heterocycles. The van der Waals surface area contributed by atoms with Crippen LogP contribution in [0, 0.1) is 5.92 Å². The summed E-state index contributed by atoms with van der Waals surface area (Å²) in [7, 11) is 3.14. The largest absolute Gasteiger partial charge is 0.496 e. The molecule has 0 saturated heterocycles. The van der Waals surface area contributed by atoms with E-state index in [2.05, 4.69) is 26.4 Å². The third kappa shape index (κ3) is 5.28. The van der Waals surface area contributed by atoms with Gasteiger partial charge in [-0.1, -0.05) is 45.4 Å². The van der Waals surface area contributed by atoms with Crippen molar-refractivity contribution in [2.24, 2.45) is 11.7 Å². The summed E-state index contributed by atoms with van der Waals surface area (Å²) >= 11 is 3.52. The molecule has 0 radical (unpaired) electrons. The molecule has 0 fully saturated rings. The number of rotatable bonds is 7. The maximum absolute atomic E-state index is 14.5. The number of ether oxygens (including phenoxy) is 1. The molecule has 214 valence electrons. The van der Waals surface area contributed by atoms with Crippen LogP contribution in [0.5, 0.6) is 5.75 Å². The van der Waals surface area contributed by atoms with E-state index in [4.69, 9.17) is 15.0 Å². The molecule has 41 heavy (non-hydrogen) atoms. The normalized spacial score (nSPS) is 16.4. The number of carbonyl (C=O) groups excluding carboxylic acids is 3. The van der Waals surface area contributed by atoms with Crippen LogP contribution < -0.4 is 25.6 Å². The number of benzene rings is 3. The Bertz CT molecular complexity index is 1610. The van der Waals surface area contributed by atoms with E-state index in [1.165, 1.54) is 17.2 Å². The number of nitrogens with two attached hydrogens (primary N) is 1. The first kappa shape index (κ1) is 30.0. The summed E-state index contributed by atoms with van der Waals surface area (Å²) in [6.07, 6.45) is 1.37. The van der Waals surface area contributed by atoms with Crippen molar-refractivity contribution in [1.29, 1.82) is 0 Å². The van der Waals surface area contributed by atoms with E-state index < -0.39 is 23.3 Å². The van der Waals surface area contributed by atoms with Gasteiger partial charge in [-0.2, -0.15) is 0 Å². The van der Waals surface area contributed by atoms with Crippen molar-refractivity contribution >= 4 is 68.2 Å². The number of likely N-dealkylation sites (N-methyl/N-ethyl adjacent to an activating group) is 1. The van der Waals surface area contributed by atoms with E-state index >= 15 is 0 Å². The van der Waals surface area contributed by atoms with Crippen molar-refractivity contribution in [3.05, 3.63) is 82.7 Å². The fourth-order valence-corrected chi connectivity index (χ4v) is 5.54. The summed E-state index contributed by atoms with van der Waals surface area (Å²) in [5.74, 6) is -2.06. The quantitative estimate of drug-likeness (QED) is 0.308. The summed E-state index contributed by atoms with van der Waals surface area (Å²) in [4.78, 5) is 44.0. The van der Waals surface area contributed by atoms with Crippen molar-refractivity contribution in [1.82, 2.24) is 10.5 Å². The number of anilines is 2. The Hall–Kier alpha value is -3.93. The van der Waals surface area contributed by atoms with Crippen molar-refractivity contribution < 1.29 is 23.6 Å². The summed E-state index contributed by atoms with van der Waals surface area (Å²) in [6.45, 7) is 1.54. The fourth-order valence-electron chi connectivity index (χ4n) is 5.16. The highest BCUT2D eigenvalue weighted by molar-refractivity contribution is 9.10. The molecular formula is C29H29BrClN5O5. The molecule has 5 rings (SSSR count). The van der Waals surface area contributed by atoms with E-state index in [-0.39, 0.29) is 37.2 Å². The van der Waals surface area contributed by atoms with Gasteiger partial charge < -0.3 is 30.1 Å². The second kappa shape index (κ2) is 11.9. The monoisotopic (exact) mass is 641 g/mol. The number of aromatic nitrogens is 1. The number of fused-ring (bicyclic) bond motifs is 2.